The van der Waals surface area contributed by atoms with Gasteiger partial charge in [0.25, 0.3) is 5.56 Å². The summed E-state index contributed by atoms with van der Waals surface area (Å²) in [5.41, 5.74) is -0.722. The first-order valence-corrected chi connectivity index (χ1v) is 7.38. The molecule has 114 valence electrons. The van der Waals surface area contributed by atoms with Crippen LogP contribution in [-0.4, -0.2) is 15.3 Å². The Morgan fingerprint density at radius 3 is 2.52 bits per heavy atom. The minimum atomic E-state index is -4.51. The summed E-state index contributed by atoms with van der Waals surface area (Å²) < 4.78 is 39.9. The van der Waals surface area contributed by atoms with Gasteiger partial charge in [-0.25, -0.2) is 4.79 Å². The fourth-order valence-electron chi connectivity index (χ4n) is 2.59. The number of hydrogen-bond donors (Lipinski definition) is 0. The van der Waals surface area contributed by atoms with Crippen molar-refractivity contribution in [3.63, 3.8) is 0 Å². The van der Waals surface area contributed by atoms with E-state index in [1.54, 1.807) is 12.3 Å². The number of fused-ring (bicyclic) bond motifs is 1. The topological polar surface area (TPSA) is 44.0 Å². The third-order valence-corrected chi connectivity index (χ3v) is 4.93. The molecule has 0 aromatic carbocycles. The highest BCUT2D eigenvalue weighted by atomic mass is 32.1. The second kappa shape index (κ2) is 4.46. The van der Waals surface area contributed by atoms with E-state index >= 15 is 0 Å². The fourth-order valence-corrected chi connectivity index (χ4v) is 3.63. The first kappa shape index (κ1) is 14.4. The van der Waals surface area contributed by atoms with Crippen LogP contribution in [0.3, 0.4) is 0 Å². The minimum absolute atomic E-state index is 0.101. The molecule has 0 spiro atoms. The van der Waals surface area contributed by atoms with Crippen LogP contribution in [0.25, 0.3) is 10.2 Å². The van der Waals surface area contributed by atoms with Crippen LogP contribution in [-0.2, 0) is 6.54 Å². The summed E-state index contributed by atoms with van der Waals surface area (Å²) in [6, 6.07) is -0.284. The number of nitrogens with zero attached hydrogens (tertiary/aromatic N) is 2. The highest BCUT2D eigenvalue weighted by Crippen LogP contribution is 2.41. The smallest absolute Gasteiger partial charge is 0.275 e. The van der Waals surface area contributed by atoms with Gasteiger partial charge in [-0.15, -0.1) is 11.3 Å². The zero-order valence-corrected chi connectivity index (χ0v) is 12.2. The van der Waals surface area contributed by atoms with E-state index in [1.807, 2.05) is 6.92 Å². The van der Waals surface area contributed by atoms with Crippen molar-refractivity contribution in [3.8, 4) is 0 Å². The Hall–Kier alpha value is -1.57. The van der Waals surface area contributed by atoms with Crippen LogP contribution in [0, 0.1) is 12.8 Å². The van der Waals surface area contributed by atoms with Gasteiger partial charge < -0.3 is 0 Å². The number of hydrogen-bond acceptors (Lipinski definition) is 3. The summed E-state index contributed by atoms with van der Waals surface area (Å²) >= 11 is 1.00. The summed E-state index contributed by atoms with van der Waals surface area (Å²) in [5.74, 6) is 0.145. The summed E-state index contributed by atoms with van der Waals surface area (Å²) in [7, 11) is 0. The molecule has 8 heteroatoms. The maximum atomic E-state index is 12.7. The molecule has 0 N–H and O–H groups in total. The molecule has 0 radical (unpaired) electrons. The van der Waals surface area contributed by atoms with Gasteiger partial charge in [0, 0.05) is 6.04 Å². The first-order chi connectivity index (χ1) is 9.70. The highest BCUT2D eigenvalue weighted by Gasteiger charge is 2.39. The third-order valence-electron chi connectivity index (χ3n) is 3.81. The van der Waals surface area contributed by atoms with Gasteiger partial charge in [0.1, 0.15) is 11.4 Å². The molecule has 0 amide bonds. The van der Waals surface area contributed by atoms with E-state index in [9.17, 15) is 22.8 Å². The Labute approximate surface area is 121 Å². The second-order valence-electron chi connectivity index (χ2n) is 5.54. The SMILES string of the molecule is Cc1csc2c1c(=O)n([C@H]1C[C@@H]1C)c(=O)n2CC(F)(F)F. The zero-order valence-electron chi connectivity index (χ0n) is 11.4. The third kappa shape index (κ3) is 2.31. The molecule has 4 nitrogen and oxygen atoms in total. The molecule has 2 aromatic rings. The summed E-state index contributed by atoms with van der Waals surface area (Å²) in [4.78, 5) is 24.9. The number of halogens is 3. The van der Waals surface area contributed by atoms with Crippen LogP contribution >= 0.6 is 11.3 Å². The number of thiophene rings is 1. The average molecular weight is 318 g/mol. The Balaban J connectivity index is 2.35. The van der Waals surface area contributed by atoms with Crippen molar-refractivity contribution < 1.29 is 13.2 Å². The fraction of sp³-hybridized carbons (Fsp3) is 0.538. The molecule has 1 fully saturated rings. The number of alkyl halides is 3. The van der Waals surface area contributed by atoms with Gasteiger partial charge in [-0.2, -0.15) is 13.2 Å². The Morgan fingerprint density at radius 1 is 1.38 bits per heavy atom. The predicted octanol–water partition coefficient (Wildman–Crippen LogP) is 2.68. The first-order valence-electron chi connectivity index (χ1n) is 6.50. The van der Waals surface area contributed by atoms with Crippen molar-refractivity contribution >= 4 is 21.6 Å². The largest absolute Gasteiger partial charge is 0.406 e. The van der Waals surface area contributed by atoms with Crippen molar-refractivity contribution in [1.82, 2.24) is 9.13 Å². The van der Waals surface area contributed by atoms with E-state index in [2.05, 4.69) is 0 Å². The maximum Gasteiger partial charge on any atom is 0.406 e. The highest BCUT2D eigenvalue weighted by molar-refractivity contribution is 7.17. The number of rotatable bonds is 2. The molecule has 0 aliphatic heterocycles. The van der Waals surface area contributed by atoms with Crippen molar-refractivity contribution in [3.05, 3.63) is 31.8 Å². The molecule has 21 heavy (non-hydrogen) atoms. The van der Waals surface area contributed by atoms with Crippen LogP contribution in [0.2, 0.25) is 0 Å². The van der Waals surface area contributed by atoms with Crippen molar-refractivity contribution in [2.45, 2.75) is 39.0 Å². The molecule has 3 rings (SSSR count). The lowest BCUT2D eigenvalue weighted by Crippen LogP contribution is -2.41. The number of aryl methyl sites for hydroxylation is 1. The molecular weight excluding hydrogens is 305 g/mol. The van der Waals surface area contributed by atoms with Gasteiger partial charge in [-0.1, -0.05) is 6.92 Å². The maximum absolute atomic E-state index is 12.7. The monoisotopic (exact) mass is 318 g/mol. The van der Waals surface area contributed by atoms with Crippen LogP contribution in [0.15, 0.2) is 15.0 Å². The normalized spacial score (nSPS) is 22.0. The van der Waals surface area contributed by atoms with Gasteiger partial charge in [0.2, 0.25) is 0 Å². The number of aromatic nitrogens is 2. The van der Waals surface area contributed by atoms with E-state index in [-0.39, 0.29) is 22.2 Å². The van der Waals surface area contributed by atoms with Gasteiger partial charge in [0.15, 0.2) is 0 Å². The molecule has 1 aliphatic rings. The lowest BCUT2D eigenvalue weighted by atomic mass is 10.2. The predicted molar refractivity (Wildman–Crippen MR) is 74.0 cm³/mol. The van der Waals surface area contributed by atoms with Gasteiger partial charge in [-0.05, 0) is 30.2 Å². The average Bonchev–Trinajstić information content (AvgIpc) is 2.92. The molecule has 0 unspecified atom stereocenters. The van der Waals surface area contributed by atoms with Crippen LogP contribution in [0.5, 0.6) is 0 Å². The summed E-state index contributed by atoms with van der Waals surface area (Å²) in [6.07, 6.45) is -3.86. The zero-order chi connectivity index (χ0) is 15.5. The van der Waals surface area contributed by atoms with E-state index in [0.717, 1.165) is 15.9 Å². The van der Waals surface area contributed by atoms with Crippen LogP contribution < -0.4 is 11.2 Å². The van der Waals surface area contributed by atoms with E-state index in [4.69, 9.17) is 0 Å². The molecule has 1 aliphatic carbocycles. The standard InChI is InChI=1S/C13H13F3N2O2S/c1-6-3-8(6)18-10(19)9-7(2)4-21-11(9)17(12(18)20)5-13(14,15)16/h4,6,8H,3,5H2,1-2H3/t6-,8-/m0/s1. The van der Waals surface area contributed by atoms with Gasteiger partial charge in [0.05, 0.1) is 5.39 Å². The van der Waals surface area contributed by atoms with Gasteiger partial charge in [-0.3, -0.25) is 13.9 Å². The molecular formula is C13H13F3N2O2S. The Bertz CT molecular complexity index is 831. The van der Waals surface area contributed by atoms with Crippen molar-refractivity contribution in [2.75, 3.05) is 0 Å². The lowest BCUT2D eigenvalue weighted by molar-refractivity contribution is -0.140. The summed E-state index contributed by atoms with van der Waals surface area (Å²) in [5, 5.41) is 1.84. The molecule has 2 aromatic heterocycles. The molecule has 1 saturated carbocycles. The van der Waals surface area contributed by atoms with E-state index in [0.29, 0.717) is 16.6 Å². The van der Waals surface area contributed by atoms with E-state index < -0.39 is 24.0 Å². The van der Waals surface area contributed by atoms with Gasteiger partial charge >= 0.3 is 11.9 Å². The molecule has 0 saturated heterocycles. The minimum Gasteiger partial charge on any atom is -0.275 e. The molecule has 2 heterocycles. The van der Waals surface area contributed by atoms with Crippen molar-refractivity contribution in [1.29, 1.82) is 0 Å². The quantitative estimate of drug-likeness (QED) is 0.854. The summed E-state index contributed by atoms with van der Waals surface area (Å²) in [6.45, 7) is 2.17. The van der Waals surface area contributed by atoms with Crippen molar-refractivity contribution in [2.24, 2.45) is 5.92 Å². The van der Waals surface area contributed by atoms with Crippen LogP contribution in [0.4, 0.5) is 13.2 Å². The lowest BCUT2D eigenvalue weighted by Gasteiger charge is -2.13. The second-order valence-corrected chi connectivity index (χ2v) is 6.40. The Morgan fingerprint density at radius 2 is 2.00 bits per heavy atom. The van der Waals surface area contributed by atoms with E-state index in [1.165, 1.54) is 0 Å². The van der Waals surface area contributed by atoms with Crippen LogP contribution in [0.1, 0.15) is 24.9 Å². The molecule has 2 atom stereocenters. The Kier molecular flexibility index (Phi) is 3.05. The molecule has 0 bridgehead atoms.